The number of hydrogen-bond acceptors (Lipinski definition) is 5. The second kappa shape index (κ2) is 7.76. The van der Waals surface area contributed by atoms with Gasteiger partial charge in [0.05, 0.1) is 30.7 Å². The van der Waals surface area contributed by atoms with E-state index < -0.39 is 0 Å². The molecule has 0 unspecified atom stereocenters. The summed E-state index contributed by atoms with van der Waals surface area (Å²) in [5.41, 5.74) is 3.97. The fraction of sp³-hybridized carbons (Fsp3) is 0.261. The zero-order chi connectivity index (χ0) is 20.5. The van der Waals surface area contributed by atoms with Gasteiger partial charge in [-0.05, 0) is 23.3 Å². The first-order valence-corrected chi connectivity index (χ1v) is 10.1. The molecule has 0 N–H and O–H groups in total. The molecule has 3 heterocycles. The molecular weight excluding hydrogens is 378 g/mol. The van der Waals surface area contributed by atoms with Gasteiger partial charge in [-0.25, -0.2) is 9.97 Å². The van der Waals surface area contributed by atoms with Crippen molar-refractivity contribution in [2.45, 2.75) is 6.54 Å². The summed E-state index contributed by atoms with van der Waals surface area (Å²) in [5.74, 6) is 0.726. The summed E-state index contributed by atoms with van der Waals surface area (Å²) < 4.78 is 9.09. The van der Waals surface area contributed by atoms with E-state index in [0.29, 0.717) is 25.1 Å². The van der Waals surface area contributed by atoms with Crippen LogP contribution in [0.2, 0.25) is 0 Å². The molecule has 0 bridgehead atoms. The van der Waals surface area contributed by atoms with E-state index in [-0.39, 0.29) is 5.56 Å². The van der Waals surface area contributed by atoms with Gasteiger partial charge in [-0.15, -0.1) is 0 Å². The molecule has 0 amide bonds. The van der Waals surface area contributed by atoms with Crippen molar-refractivity contribution in [3.05, 3.63) is 76.8 Å². The molecule has 0 aliphatic carbocycles. The summed E-state index contributed by atoms with van der Waals surface area (Å²) in [6, 6.07) is 16.1. The molecule has 0 spiro atoms. The average molecular weight is 401 g/mol. The van der Waals surface area contributed by atoms with Crippen molar-refractivity contribution < 1.29 is 4.74 Å². The van der Waals surface area contributed by atoms with E-state index in [1.165, 1.54) is 0 Å². The summed E-state index contributed by atoms with van der Waals surface area (Å²) in [4.78, 5) is 24.0. The standard InChI is InChI=1S/C23H23N5O2/c1-26-22(29)20-8-7-18(13-21(20)28(26)16-17-5-3-2-4-6-17)19-14-24-23(25-15-19)27-9-11-30-12-10-27/h2-8,13-15H,9-12,16H2,1H3. The molecule has 5 rings (SSSR count). The van der Waals surface area contributed by atoms with E-state index in [0.717, 1.165) is 41.2 Å². The summed E-state index contributed by atoms with van der Waals surface area (Å²) in [6.07, 6.45) is 3.70. The Hall–Kier alpha value is -3.45. The van der Waals surface area contributed by atoms with Gasteiger partial charge in [0, 0.05) is 38.1 Å². The molecule has 7 heteroatoms. The third-order valence-electron chi connectivity index (χ3n) is 5.60. The smallest absolute Gasteiger partial charge is 0.274 e. The topological polar surface area (TPSA) is 65.2 Å². The first kappa shape index (κ1) is 18.6. The van der Waals surface area contributed by atoms with E-state index >= 15 is 0 Å². The molecule has 1 aliphatic heterocycles. The molecule has 7 nitrogen and oxygen atoms in total. The van der Waals surface area contributed by atoms with Gasteiger partial charge < -0.3 is 9.64 Å². The first-order chi connectivity index (χ1) is 14.7. The molecule has 0 radical (unpaired) electrons. The van der Waals surface area contributed by atoms with Crippen molar-refractivity contribution in [3.63, 3.8) is 0 Å². The molecule has 1 fully saturated rings. The third kappa shape index (κ3) is 3.37. The lowest BCUT2D eigenvalue weighted by atomic mass is 10.1. The van der Waals surface area contributed by atoms with Crippen molar-refractivity contribution in [2.75, 3.05) is 31.2 Å². The SMILES string of the molecule is Cn1c(=O)c2ccc(-c3cnc(N4CCOCC4)nc3)cc2n1Cc1ccccc1. The molecule has 30 heavy (non-hydrogen) atoms. The Bertz CT molecular complexity index is 1220. The van der Waals surface area contributed by atoms with E-state index in [1.807, 2.05) is 60.5 Å². The molecule has 4 aromatic rings. The van der Waals surface area contributed by atoms with Crippen LogP contribution in [0.3, 0.4) is 0 Å². The predicted molar refractivity (Wildman–Crippen MR) is 117 cm³/mol. The Morgan fingerprint density at radius 3 is 2.43 bits per heavy atom. The van der Waals surface area contributed by atoms with Crippen LogP contribution in [0, 0.1) is 0 Å². The molecule has 2 aromatic carbocycles. The van der Waals surface area contributed by atoms with Crippen molar-refractivity contribution in [3.8, 4) is 11.1 Å². The molecule has 152 valence electrons. The molecule has 0 saturated carbocycles. The highest BCUT2D eigenvalue weighted by molar-refractivity contribution is 5.84. The van der Waals surface area contributed by atoms with Crippen LogP contribution < -0.4 is 10.5 Å². The maximum atomic E-state index is 12.7. The van der Waals surface area contributed by atoms with Crippen LogP contribution in [0.15, 0.2) is 65.7 Å². The number of benzene rings is 2. The molecule has 0 atom stereocenters. The van der Waals surface area contributed by atoms with Crippen LogP contribution in [-0.4, -0.2) is 45.6 Å². The van der Waals surface area contributed by atoms with E-state index in [1.54, 1.807) is 4.68 Å². The van der Waals surface area contributed by atoms with E-state index in [9.17, 15) is 4.79 Å². The van der Waals surface area contributed by atoms with Gasteiger partial charge in [0.15, 0.2) is 0 Å². The van der Waals surface area contributed by atoms with Crippen LogP contribution >= 0.6 is 0 Å². The largest absolute Gasteiger partial charge is 0.378 e. The minimum atomic E-state index is 0.00592. The van der Waals surface area contributed by atoms with Crippen LogP contribution in [0.1, 0.15) is 5.56 Å². The number of fused-ring (bicyclic) bond motifs is 1. The second-order valence-electron chi connectivity index (χ2n) is 7.48. The Labute approximate surface area is 174 Å². The number of anilines is 1. The van der Waals surface area contributed by atoms with Crippen molar-refractivity contribution in [1.29, 1.82) is 0 Å². The number of ether oxygens (including phenoxy) is 1. The Morgan fingerprint density at radius 1 is 0.967 bits per heavy atom. The highest BCUT2D eigenvalue weighted by Crippen LogP contribution is 2.24. The summed E-state index contributed by atoms with van der Waals surface area (Å²) in [5, 5.41) is 0.711. The van der Waals surface area contributed by atoms with E-state index in [4.69, 9.17) is 4.74 Å². The zero-order valence-electron chi connectivity index (χ0n) is 16.9. The predicted octanol–water partition coefficient (Wildman–Crippen LogP) is 2.68. The Kier molecular flexibility index (Phi) is 4.80. The van der Waals surface area contributed by atoms with Crippen LogP contribution in [-0.2, 0) is 18.3 Å². The van der Waals surface area contributed by atoms with Gasteiger partial charge in [-0.1, -0.05) is 36.4 Å². The normalized spacial score (nSPS) is 14.4. The Balaban J connectivity index is 1.51. The first-order valence-electron chi connectivity index (χ1n) is 10.1. The monoisotopic (exact) mass is 401 g/mol. The average Bonchev–Trinajstić information content (AvgIpc) is 3.05. The number of aromatic nitrogens is 4. The third-order valence-corrected chi connectivity index (χ3v) is 5.60. The maximum absolute atomic E-state index is 12.7. The molecular formula is C23H23N5O2. The second-order valence-corrected chi connectivity index (χ2v) is 7.48. The van der Waals surface area contributed by atoms with Crippen molar-refractivity contribution >= 4 is 16.9 Å². The van der Waals surface area contributed by atoms with Crippen LogP contribution in [0.5, 0.6) is 0 Å². The summed E-state index contributed by atoms with van der Waals surface area (Å²) in [7, 11) is 1.81. The quantitative estimate of drug-likeness (QED) is 0.526. The number of nitrogens with zero attached hydrogens (tertiary/aromatic N) is 5. The van der Waals surface area contributed by atoms with Gasteiger partial charge in [0.1, 0.15) is 0 Å². The van der Waals surface area contributed by atoms with Gasteiger partial charge >= 0.3 is 0 Å². The van der Waals surface area contributed by atoms with Gasteiger partial charge in [-0.3, -0.25) is 14.2 Å². The van der Waals surface area contributed by atoms with Gasteiger partial charge in [-0.2, -0.15) is 0 Å². The fourth-order valence-electron chi connectivity index (χ4n) is 3.90. The Morgan fingerprint density at radius 2 is 1.70 bits per heavy atom. The van der Waals surface area contributed by atoms with Crippen molar-refractivity contribution in [1.82, 2.24) is 19.3 Å². The maximum Gasteiger partial charge on any atom is 0.274 e. The van der Waals surface area contributed by atoms with Crippen LogP contribution in [0.4, 0.5) is 5.95 Å². The van der Waals surface area contributed by atoms with Crippen molar-refractivity contribution in [2.24, 2.45) is 7.05 Å². The lowest BCUT2D eigenvalue weighted by Crippen LogP contribution is -2.37. The molecule has 1 aliphatic rings. The highest BCUT2D eigenvalue weighted by atomic mass is 16.5. The lowest BCUT2D eigenvalue weighted by molar-refractivity contribution is 0.122. The lowest BCUT2D eigenvalue weighted by Gasteiger charge is -2.26. The number of hydrogen-bond donors (Lipinski definition) is 0. The van der Waals surface area contributed by atoms with Gasteiger partial charge in [0.25, 0.3) is 5.56 Å². The highest BCUT2D eigenvalue weighted by Gasteiger charge is 2.15. The summed E-state index contributed by atoms with van der Waals surface area (Å²) >= 11 is 0. The summed E-state index contributed by atoms with van der Waals surface area (Å²) in [6.45, 7) is 3.65. The minimum Gasteiger partial charge on any atom is -0.378 e. The van der Waals surface area contributed by atoms with Crippen LogP contribution in [0.25, 0.3) is 22.0 Å². The fourth-order valence-corrected chi connectivity index (χ4v) is 3.90. The van der Waals surface area contributed by atoms with Gasteiger partial charge in [0.2, 0.25) is 5.95 Å². The number of morpholine rings is 1. The van der Waals surface area contributed by atoms with E-state index in [2.05, 4.69) is 27.0 Å². The minimum absolute atomic E-state index is 0.00592. The molecule has 2 aromatic heterocycles. The number of rotatable bonds is 4. The zero-order valence-corrected chi connectivity index (χ0v) is 16.9. The molecule has 1 saturated heterocycles.